The van der Waals surface area contributed by atoms with Gasteiger partial charge < -0.3 is 10.6 Å². The number of amides is 2. The van der Waals surface area contributed by atoms with Crippen molar-refractivity contribution in [1.29, 1.82) is 0 Å². The Morgan fingerprint density at radius 1 is 1.50 bits per heavy atom. The average molecular weight is 340 g/mol. The molecular weight excluding hydrogens is 322 g/mol. The summed E-state index contributed by atoms with van der Waals surface area (Å²) in [5.41, 5.74) is 1.04. The van der Waals surface area contributed by atoms with Crippen LogP contribution in [0.3, 0.4) is 0 Å². The molecule has 5 nitrogen and oxygen atoms in total. The van der Waals surface area contributed by atoms with Crippen LogP contribution in [0.4, 0.5) is 0 Å². The van der Waals surface area contributed by atoms with Crippen LogP contribution in [0, 0.1) is 0 Å². The first-order chi connectivity index (χ1) is 9.56. The van der Waals surface area contributed by atoms with E-state index in [1.807, 2.05) is 36.1 Å². The van der Waals surface area contributed by atoms with Gasteiger partial charge in [-0.3, -0.25) is 14.5 Å². The molecule has 1 atom stereocenters. The first kappa shape index (κ1) is 15.0. The van der Waals surface area contributed by atoms with Gasteiger partial charge in [0.05, 0.1) is 19.1 Å². The maximum atomic E-state index is 12.0. The molecule has 1 heterocycles. The van der Waals surface area contributed by atoms with Crippen molar-refractivity contribution in [2.75, 3.05) is 26.2 Å². The van der Waals surface area contributed by atoms with E-state index in [-0.39, 0.29) is 30.9 Å². The van der Waals surface area contributed by atoms with Crippen LogP contribution in [-0.4, -0.2) is 42.9 Å². The number of rotatable bonds is 4. The minimum Gasteiger partial charge on any atom is -0.354 e. The molecule has 0 saturated carbocycles. The van der Waals surface area contributed by atoms with Crippen molar-refractivity contribution in [1.82, 2.24) is 15.5 Å². The molecule has 2 amide bonds. The van der Waals surface area contributed by atoms with E-state index in [0.717, 1.165) is 10.0 Å². The molecule has 6 heteroatoms. The van der Waals surface area contributed by atoms with Crippen LogP contribution < -0.4 is 10.6 Å². The average Bonchev–Trinajstić information content (AvgIpc) is 2.38. The van der Waals surface area contributed by atoms with Crippen LogP contribution in [0.2, 0.25) is 0 Å². The summed E-state index contributed by atoms with van der Waals surface area (Å²) in [6, 6.07) is 7.74. The quantitative estimate of drug-likeness (QED) is 0.862. The van der Waals surface area contributed by atoms with E-state index < -0.39 is 0 Å². The van der Waals surface area contributed by atoms with Crippen LogP contribution in [0.15, 0.2) is 28.7 Å². The topological polar surface area (TPSA) is 61.4 Å². The maximum absolute atomic E-state index is 12.0. The van der Waals surface area contributed by atoms with Gasteiger partial charge in [-0.1, -0.05) is 34.1 Å². The monoisotopic (exact) mass is 339 g/mol. The SMILES string of the molecule is C[C@H](NC(=O)CN1CCNC(=O)C1)c1ccccc1Br. The lowest BCUT2D eigenvalue weighted by atomic mass is 10.1. The lowest BCUT2D eigenvalue weighted by Gasteiger charge is -2.26. The number of carbonyl (C=O) groups excluding carboxylic acids is 2. The number of carbonyl (C=O) groups is 2. The smallest absolute Gasteiger partial charge is 0.234 e. The van der Waals surface area contributed by atoms with Crippen LogP contribution in [0.5, 0.6) is 0 Å². The molecule has 1 aliphatic rings. The second-order valence-corrected chi connectivity index (χ2v) is 5.73. The Morgan fingerprint density at radius 3 is 2.95 bits per heavy atom. The molecule has 0 unspecified atom stereocenters. The van der Waals surface area contributed by atoms with Crippen molar-refractivity contribution < 1.29 is 9.59 Å². The Labute approximate surface area is 126 Å². The van der Waals surface area contributed by atoms with Crippen molar-refractivity contribution in [3.05, 3.63) is 34.3 Å². The van der Waals surface area contributed by atoms with Crippen molar-refractivity contribution in [2.45, 2.75) is 13.0 Å². The van der Waals surface area contributed by atoms with E-state index in [2.05, 4.69) is 26.6 Å². The van der Waals surface area contributed by atoms with Crippen molar-refractivity contribution in [3.63, 3.8) is 0 Å². The molecule has 0 radical (unpaired) electrons. The van der Waals surface area contributed by atoms with Crippen molar-refractivity contribution in [2.24, 2.45) is 0 Å². The number of nitrogens with zero attached hydrogens (tertiary/aromatic N) is 1. The molecule has 2 N–H and O–H groups in total. The molecule has 1 aromatic carbocycles. The van der Waals surface area contributed by atoms with E-state index in [1.165, 1.54) is 0 Å². The summed E-state index contributed by atoms with van der Waals surface area (Å²) in [6.07, 6.45) is 0. The van der Waals surface area contributed by atoms with E-state index >= 15 is 0 Å². The van der Waals surface area contributed by atoms with Gasteiger partial charge in [-0.2, -0.15) is 0 Å². The van der Waals surface area contributed by atoms with Gasteiger partial charge in [0, 0.05) is 17.6 Å². The highest BCUT2D eigenvalue weighted by Gasteiger charge is 2.19. The van der Waals surface area contributed by atoms with Crippen LogP contribution in [0.1, 0.15) is 18.5 Å². The third-order valence-corrected chi connectivity index (χ3v) is 3.96. The lowest BCUT2D eigenvalue weighted by Crippen LogP contribution is -2.50. The Morgan fingerprint density at radius 2 is 2.25 bits per heavy atom. The predicted molar refractivity (Wildman–Crippen MR) is 80.1 cm³/mol. The van der Waals surface area contributed by atoms with Gasteiger partial charge in [0.25, 0.3) is 0 Å². The summed E-state index contributed by atoms with van der Waals surface area (Å²) in [5, 5.41) is 5.70. The van der Waals surface area contributed by atoms with Gasteiger partial charge in [0.1, 0.15) is 0 Å². The largest absolute Gasteiger partial charge is 0.354 e. The molecule has 0 aromatic heterocycles. The lowest BCUT2D eigenvalue weighted by molar-refractivity contribution is -0.127. The summed E-state index contributed by atoms with van der Waals surface area (Å²) in [4.78, 5) is 25.1. The van der Waals surface area contributed by atoms with Gasteiger partial charge >= 0.3 is 0 Å². The molecular formula is C14H18BrN3O2. The van der Waals surface area contributed by atoms with E-state index in [0.29, 0.717) is 13.1 Å². The highest BCUT2D eigenvalue weighted by atomic mass is 79.9. The van der Waals surface area contributed by atoms with Crippen molar-refractivity contribution >= 4 is 27.7 Å². The Hall–Kier alpha value is -1.40. The second kappa shape index (κ2) is 6.85. The Bertz CT molecular complexity index is 507. The van der Waals surface area contributed by atoms with E-state index in [1.54, 1.807) is 0 Å². The molecule has 0 bridgehead atoms. The van der Waals surface area contributed by atoms with E-state index in [9.17, 15) is 9.59 Å². The summed E-state index contributed by atoms with van der Waals surface area (Å²) >= 11 is 3.48. The highest BCUT2D eigenvalue weighted by Crippen LogP contribution is 2.22. The van der Waals surface area contributed by atoms with Gasteiger partial charge in [-0.15, -0.1) is 0 Å². The molecule has 1 aromatic rings. The predicted octanol–water partition coefficient (Wildman–Crippen LogP) is 1.06. The zero-order valence-electron chi connectivity index (χ0n) is 11.4. The van der Waals surface area contributed by atoms with Crippen molar-refractivity contribution in [3.8, 4) is 0 Å². The Balaban J connectivity index is 1.88. The standard InChI is InChI=1S/C14H18BrN3O2/c1-10(11-4-2-3-5-12(11)15)17-14(20)9-18-7-6-16-13(19)8-18/h2-5,10H,6-9H2,1H3,(H,16,19)(H,17,20)/t10-/m0/s1. The number of nitrogens with one attached hydrogen (secondary N) is 2. The van der Waals surface area contributed by atoms with Crippen LogP contribution in [0.25, 0.3) is 0 Å². The maximum Gasteiger partial charge on any atom is 0.234 e. The molecule has 1 fully saturated rings. The third kappa shape index (κ3) is 4.05. The number of hydrogen-bond donors (Lipinski definition) is 2. The zero-order valence-corrected chi connectivity index (χ0v) is 12.9. The second-order valence-electron chi connectivity index (χ2n) is 4.87. The molecule has 0 aliphatic carbocycles. The van der Waals surface area contributed by atoms with Gasteiger partial charge in [-0.25, -0.2) is 0 Å². The number of halogens is 1. The minimum absolute atomic E-state index is 0.0251. The Kier molecular flexibility index (Phi) is 5.14. The fourth-order valence-corrected chi connectivity index (χ4v) is 2.85. The summed E-state index contributed by atoms with van der Waals surface area (Å²) in [5.74, 6) is -0.0918. The van der Waals surface area contributed by atoms with Crippen LogP contribution in [-0.2, 0) is 9.59 Å². The zero-order chi connectivity index (χ0) is 14.5. The number of piperazine rings is 1. The van der Waals surface area contributed by atoms with E-state index in [4.69, 9.17) is 0 Å². The van der Waals surface area contributed by atoms with Crippen LogP contribution >= 0.6 is 15.9 Å². The fourth-order valence-electron chi connectivity index (χ4n) is 2.22. The normalized spacial score (nSPS) is 17.4. The summed E-state index contributed by atoms with van der Waals surface area (Å²) < 4.78 is 0.977. The molecule has 0 spiro atoms. The number of hydrogen-bond acceptors (Lipinski definition) is 3. The minimum atomic E-state index is -0.0725. The molecule has 2 rings (SSSR count). The molecule has 20 heavy (non-hydrogen) atoms. The first-order valence-corrected chi connectivity index (χ1v) is 7.38. The fraction of sp³-hybridized carbons (Fsp3) is 0.429. The van der Waals surface area contributed by atoms with Gasteiger partial charge in [0.15, 0.2) is 0 Å². The molecule has 108 valence electrons. The summed E-state index contributed by atoms with van der Waals surface area (Å²) in [6.45, 7) is 3.80. The third-order valence-electron chi connectivity index (χ3n) is 3.23. The first-order valence-electron chi connectivity index (χ1n) is 6.59. The molecule has 1 aliphatic heterocycles. The molecule has 1 saturated heterocycles. The van der Waals surface area contributed by atoms with Gasteiger partial charge in [-0.05, 0) is 18.6 Å². The van der Waals surface area contributed by atoms with Gasteiger partial charge in [0.2, 0.25) is 11.8 Å². The summed E-state index contributed by atoms with van der Waals surface area (Å²) in [7, 11) is 0. The highest BCUT2D eigenvalue weighted by molar-refractivity contribution is 9.10. The number of benzene rings is 1.